The molecule has 3 rings (SSSR count). The third-order valence-corrected chi connectivity index (χ3v) is 3.73. The number of pyridine rings is 1. The number of hydrogen-bond acceptors (Lipinski definition) is 5. The number of nitriles is 1. The smallest absolute Gasteiger partial charge is 0.271 e. The molecular weight excluding hydrogens is 340 g/mol. The predicted octanol–water partition coefficient (Wildman–Crippen LogP) is 3.30. The van der Waals surface area contributed by atoms with Gasteiger partial charge in [-0.2, -0.15) is 10.4 Å². The third-order valence-electron chi connectivity index (χ3n) is 3.73. The molecule has 1 aromatic heterocycles. The molecule has 0 saturated carbocycles. The minimum atomic E-state index is -0.301. The molecule has 0 aliphatic rings. The summed E-state index contributed by atoms with van der Waals surface area (Å²) in [5.74, 6) is 0.380. The summed E-state index contributed by atoms with van der Waals surface area (Å²) in [5.41, 5.74) is 5.21. The summed E-state index contributed by atoms with van der Waals surface area (Å²) in [7, 11) is 0. The van der Waals surface area contributed by atoms with E-state index in [0.29, 0.717) is 23.5 Å². The Balaban J connectivity index is 1.54. The van der Waals surface area contributed by atoms with E-state index in [0.717, 1.165) is 11.1 Å². The minimum Gasteiger partial charge on any atom is -0.489 e. The topological polar surface area (TPSA) is 87.4 Å². The zero-order valence-electron chi connectivity index (χ0n) is 14.4. The maximum atomic E-state index is 11.9. The molecule has 2 aromatic carbocycles. The maximum absolute atomic E-state index is 11.9. The molecule has 27 heavy (non-hydrogen) atoms. The molecule has 3 aromatic rings. The summed E-state index contributed by atoms with van der Waals surface area (Å²) >= 11 is 0. The van der Waals surface area contributed by atoms with Crippen molar-refractivity contribution in [2.24, 2.45) is 5.10 Å². The number of carbonyl (C=O) groups is 1. The molecule has 0 aliphatic carbocycles. The second-order valence-corrected chi connectivity index (χ2v) is 5.56. The lowest BCUT2D eigenvalue weighted by Crippen LogP contribution is -2.17. The van der Waals surface area contributed by atoms with Gasteiger partial charge >= 0.3 is 0 Å². The van der Waals surface area contributed by atoms with E-state index in [2.05, 4.69) is 21.6 Å². The molecule has 6 heteroatoms. The summed E-state index contributed by atoms with van der Waals surface area (Å²) < 4.78 is 5.72. The highest BCUT2D eigenvalue weighted by molar-refractivity contribution is 5.94. The zero-order valence-corrected chi connectivity index (χ0v) is 14.4. The number of aromatic nitrogens is 1. The molecule has 0 unspecified atom stereocenters. The van der Waals surface area contributed by atoms with Crippen LogP contribution in [0.2, 0.25) is 0 Å². The Morgan fingerprint density at radius 3 is 2.59 bits per heavy atom. The number of ether oxygens (including phenoxy) is 1. The quantitative estimate of drug-likeness (QED) is 0.542. The van der Waals surface area contributed by atoms with Gasteiger partial charge in [0.1, 0.15) is 12.4 Å². The number of nitrogens with one attached hydrogen (secondary N) is 1. The molecule has 0 atom stereocenters. The Morgan fingerprint density at radius 2 is 1.85 bits per heavy atom. The van der Waals surface area contributed by atoms with E-state index in [4.69, 9.17) is 10.00 Å². The van der Waals surface area contributed by atoms with Crippen LogP contribution in [0.4, 0.5) is 0 Å². The highest BCUT2D eigenvalue weighted by atomic mass is 16.5. The molecule has 0 radical (unpaired) electrons. The second-order valence-electron chi connectivity index (χ2n) is 5.56. The number of nitrogens with zero attached hydrogens (tertiary/aromatic N) is 3. The van der Waals surface area contributed by atoms with Crippen LogP contribution < -0.4 is 10.2 Å². The van der Waals surface area contributed by atoms with Gasteiger partial charge in [0, 0.05) is 23.5 Å². The van der Waals surface area contributed by atoms with Gasteiger partial charge in [-0.25, -0.2) is 5.43 Å². The first-order valence-corrected chi connectivity index (χ1v) is 8.20. The molecule has 1 amide bonds. The van der Waals surface area contributed by atoms with Crippen LogP contribution in [0.5, 0.6) is 5.75 Å². The molecule has 0 fully saturated rings. The van der Waals surface area contributed by atoms with Crippen molar-refractivity contribution >= 4 is 12.1 Å². The Labute approximate surface area is 156 Å². The predicted molar refractivity (Wildman–Crippen MR) is 101 cm³/mol. The van der Waals surface area contributed by atoms with Crippen LogP contribution in [0.15, 0.2) is 78.2 Å². The minimum absolute atomic E-state index is 0.301. The van der Waals surface area contributed by atoms with Crippen molar-refractivity contribution in [3.05, 3.63) is 95.3 Å². The second kappa shape index (κ2) is 8.92. The lowest BCUT2D eigenvalue weighted by Gasteiger charge is -2.07. The van der Waals surface area contributed by atoms with Gasteiger partial charge in [0.15, 0.2) is 0 Å². The van der Waals surface area contributed by atoms with Crippen molar-refractivity contribution in [1.82, 2.24) is 10.4 Å². The third kappa shape index (κ3) is 5.00. The molecule has 1 heterocycles. The van der Waals surface area contributed by atoms with Gasteiger partial charge in [-0.3, -0.25) is 9.78 Å². The first kappa shape index (κ1) is 17.8. The van der Waals surface area contributed by atoms with Crippen molar-refractivity contribution in [3.63, 3.8) is 0 Å². The standard InChI is InChI=1S/C21H16N4O2/c22-13-18-3-1-2-4-19(18)15-27-20-7-5-16(6-8-20)14-24-25-21(26)17-9-11-23-12-10-17/h1-12,14H,15H2,(H,25,26). The Morgan fingerprint density at radius 1 is 1.11 bits per heavy atom. The van der Waals surface area contributed by atoms with Crippen molar-refractivity contribution in [1.29, 1.82) is 5.26 Å². The Hall–Kier alpha value is -3.98. The maximum Gasteiger partial charge on any atom is 0.271 e. The van der Waals surface area contributed by atoms with E-state index < -0.39 is 0 Å². The normalized spacial score (nSPS) is 10.3. The van der Waals surface area contributed by atoms with Crippen LogP contribution in [-0.2, 0) is 6.61 Å². The molecule has 6 nitrogen and oxygen atoms in total. The van der Waals surface area contributed by atoms with Crippen molar-refractivity contribution in [3.8, 4) is 11.8 Å². The molecule has 132 valence electrons. The summed E-state index contributed by atoms with van der Waals surface area (Å²) in [6.45, 7) is 0.319. The summed E-state index contributed by atoms with van der Waals surface area (Å²) in [5, 5.41) is 13.0. The van der Waals surface area contributed by atoms with Crippen molar-refractivity contribution in [2.75, 3.05) is 0 Å². The Bertz CT molecular complexity index is 977. The fourth-order valence-electron chi connectivity index (χ4n) is 2.30. The van der Waals surface area contributed by atoms with E-state index in [1.54, 1.807) is 48.9 Å². The van der Waals surface area contributed by atoms with Crippen LogP contribution >= 0.6 is 0 Å². The molecule has 0 aliphatic heterocycles. The number of rotatable bonds is 6. The van der Waals surface area contributed by atoms with Crippen LogP contribution in [0.1, 0.15) is 27.0 Å². The van der Waals surface area contributed by atoms with Crippen molar-refractivity contribution < 1.29 is 9.53 Å². The van der Waals surface area contributed by atoms with Crippen LogP contribution in [0.25, 0.3) is 0 Å². The summed E-state index contributed by atoms with van der Waals surface area (Å²) in [4.78, 5) is 15.7. The van der Waals surface area contributed by atoms with Gasteiger partial charge in [0.2, 0.25) is 0 Å². The number of hydrogen-bond donors (Lipinski definition) is 1. The monoisotopic (exact) mass is 356 g/mol. The molecular formula is C21H16N4O2. The lowest BCUT2D eigenvalue weighted by molar-refractivity contribution is 0.0955. The fourth-order valence-corrected chi connectivity index (χ4v) is 2.30. The van der Waals surface area contributed by atoms with Gasteiger partial charge < -0.3 is 4.74 Å². The highest BCUT2D eigenvalue weighted by Gasteiger charge is 2.03. The van der Waals surface area contributed by atoms with Crippen molar-refractivity contribution in [2.45, 2.75) is 6.61 Å². The van der Waals surface area contributed by atoms with Gasteiger partial charge in [-0.1, -0.05) is 18.2 Å². The van der Waals surface area contributed by atoms with Crippen LogP contribution in [0.3, 0.4) is 0 Å². The van der Waals surface area contributed by atoms with E-state index in [1.165, 1.54) is 0 Å². The summed E-state index contributed by atoms with van der Waals surface area (Å²) in [6, 6.07) is 20.0. The zero-order chi connectivity index (χ0) is 18.9. The first-order chi connectivity index (χ1) is 13.3. The number of benzene rings is 2. The molecule has 0 saturated heterocycles. The number of hydrazone groups is 1. The molecule has 0 spiro atoms. The SMILES string of the molecule is N#Cc1ccccc1COc1ccc(C=NNC(=O)c2ccncc2)cc1. The number of carbonyl (C=O) groups excluding carboxylic acids is 1. The van der Waals surface area contributed by atoms with E-state index in [1.807, 2.05) is 30.3 Å². The average Bonchev–Trinajstić information content (AvgIpc) is 2.74. The fraction of sp³-hybridized carbons (Fsp3) is 0.0476. The highest BCUT2D eigenvalue weighted by Crippen LogP contribution is 2.15. The van der Waals surface area contributed by atoms with Crippen LogP contribution in [0, 0.1) is 11.3 Å². The average molecular weight is 356 g/mol. The summed E-state index contributed by atoms with van der Waals surface area (Å²) in [6.07, 6.45) is 4.65. The largest absolute Gasteiger partial charge is 0.489 e. The van der Waals surface area contributed by atoms with E-state index in [9.17, 15) is 4.79 Å². The first-order valence-electron chi connectivity index (χ1n) is 8.20. The number of amides is 1. The molecule has 0 bridgehead atoms. The van der Waals surface area contributed by atoms with Gasteiger partial charge in [-0.05, 0) is 48.0 Å². The Kier molecular flexibility index (Phi) is 5.89. The van der Waals surface area contributed by atoms with Gasteiger partial charge in [-0.15, -0.1) is 0 Å². The van der Waals surface area contributed by atoms with E-state index >= 15 is 0 Å². The van der Waals surface area contributed by atoms with Gasteiger partial charge in [0.25, 0.3) is 5.91 Å². The van der Waals surface area contributed by atoms with E-state index in [-0.39, 0.29) is 5.91 Å². The lowest BCUT2D eigenvalue weighted by atomic mass is 10.1. The van der Waals surface area contributed by atoms with Gasteiger partial charge in [0.05, 0.1) is 17.8 Å². The molecule has 1 N–H and O–H groups in total. The van der Waals surface area contributed by atoms with Crippen LogP contribution in [-0.4, -0.2) is 17.1 Å².